The lowest BCUT2D eigenvalue weighted by Crippen LogP contribution is -2.14. The number of hydrogen-bond acceptors (Lipinski definition) is 24. The summed E-state index contributed by atoms with van der Waals surface area (Å²) in [6.07, 6.45) is 11.9. The number of H-pyrrole nitrogens is 4. The first kappa shape index (κ1) is 77.7. The van der Waals surface area contributed by atoms with Crippen molar-refractivity contribution in [3.05, 3.63) is 212 Å². The van der Waals surface area contributed by atoms with Crippen LogP contribution in [0.15, 0.2) is 97.1 Å². The molecule has 0 bridgehead atoms. The number of nitrogens with one attached hydrogen (secondary N) is 12. The van der Waals surface area contributed by atoms with E-state index < -0.39 is 70.7 Å². The number of aromatic amines is 4. The first-order valence-electron chi connectivity index (χ1n) is 37.2. The molecule has 28 nitrogen and oxygen atoms in total. The first-order chi connectivity index (χ1) is 54.0. The molecule has 4 aromatic carbocycles. The van der Waals surface area contributed by atoms with Gasteiger partial charge in [0.25, 0.3) is 0 Å². The molecule has 4 saturated carbocycles. The number of rotatable bonds is 28. The fourth-order valence-corrected chi connectivity index (χ4v) is 11.8. The predicted octanol–water partition coefficient (Wildman–Crippen LogP) is 16.9. The fourth-order valence-electron chi connectivity index (χ4n) is 11.8. The number of aromatic nitrogens is 20. The van der Waals surface area contributed by atoms with Gasteiger partial charge in [0.2, 0.25) is 47.6 Å². The second-order valence-corrected chi connectivity index (χ2v) is 27.6. The highest BCUT2D eigenvalue weighted by Crippen LogP contribution is 2.43. The van der Waals surface area contributed by atoms with E-state index in [-0.39, 0.29) is 11.5 Å². The maximum Gasteiger partial charge on any atom is 0.233 e. The molecule has 4 aliphatic rings. The van der Waals surface area contributed by atoms with Crippen molar-refractivity contribution in [3.63, 3.8) is 0 Å². The average Bonchev–Trinajstić information content (AvgIpc) is 1.09. The summed E-state index contributed by atoms with van der Waals surface area (Å²) in [6, 6.07) is 19.8. The zero-order valence-corrected chi connectivity index (χ0v) is 62.5. The van der Waals surface area contributed by atoms with Gasteiger partial charge >= 0.3 is 0 Å². The van der Waals surface area contributed by atoms with Crippen molar-refractivity contribution in [3.8, 4) is 0 Å². The zero-order chi connectivity index (χ0) is 78.7. The van der Waals surface area contributed by atoms with E-state index in [1.54, 1.807) is 27.7 Å². The number of halogens is 8. The van der Waals surface area contributed by atoms with Crippen molar-refractivity contribution in [1.29, 1.82) is 0 Å². The molecule has 2 unspecified atom stereocenters. The van der Waals surface area contributed by atoms with Gasteiger partial charge in [0.15, 0.2) is 23.3 Å². The topological polar surface area (TPSA) is 366 Å². The summed E-state index contributed by atoms with van der Waals surface area (Å²) >= 11 is 0. The number of anilines is 12. The van der Waals surface area contributed by atoms with Gasteiger partial charge in [0.1, 0.15) is 69.8 Å². The van der Waals surface area contributed by atoms with Crippen LogP contribution in [0, 0.1) is 46.5 Å². The quantitative estimate of drug-likeness (QED) is 0.0203. The molecule has 0 aliphatic heterocycles. The highest BCUT2D eigenvalue weighted by atomic mass is 19.2. The monoisotopic (exact) mass is 1540 g/mol. The Kier molecular flexibility index (Phi) is 24.4. The maximum atomic E-state index is 14.0. The van der Waals surface area contributed by atoms with Crippen molar-refractivity contribution in [1.82, 2.24) is 101 Å². The molecule has 4 aliphatic carbocycles. The Balaban J connectivity index is 0.000000131. The minimum atomic E-state index is -0.618. The molecule has 0 spiro atoms. The molecule has 112 heavy (non-hydrogen) atoms. The number of nitrogens with zero attached hydrogens (tertiary/aromatic N) is 16. The van der Waals surface area contributed by atoms with Gasteiger partial charge in [-0.25, -0.2) is 35.1 Å². The molecule has 36 heteroatoms. The van der Waals surface area contributed by atoms with E-state index >= 15 is 0 Å². The molecule has 0 radical (unpaired) electrons. The van der Waals surface area contributed by atoms with Gasteiger partial charge in [0, 0.05) is 137 Å². The summed E-state index contributed by atoms with van der Waals surface area (Å²) < 4.78 is 109. The third-order valence-electron chi connectivity index (χ3n) is 18.5. The fraction of sp³-hybridized carbons (Fsp3) is 0.368. The van der Waals surface area contributed by atoms with E-state index in [2.05, 4.69) is 143 Å². The van der Waals surface area contributed by atoms with E-state index in [0.29, 0.717) is 154 Å². The van der Waals surface area contributed by atoms with Crippen molar-refractivity contribution in [2.45, 2.75) is 180 Å². The lowest BCUT2D eigenvalue weighted by atomic mass is 10.1. The number of aryl methyl sites for hydroxylation is 4. The average molecular weight is 1540 g/mol. The van der Waals surface area contributed by atoms with Crippen LogP contribution in [-0.4, -0.2) is 101 Å². The summed E-state index contributed by atoms with van der Waals surface area (Å²) in [7, 11) is 0. The Morgan fingerprint density at radius 3 is 0.759 bits per heavy atom. The number of benzene rings is 4. The van der Waals surface area contributed by atoms with Crippen LogP contribution < -0.4 is 42.5 Å². The normalized spacial score (nSPS) is 14.7. The van der Waals surface area contributed by atoms with Crippen LogP contribution in [0.25, 0.3) is 0 Å². The maximum absolute atomic E-state index is 14.0. The van der Waals surface area contributed by atoms with Gasteiger partial charge < -0.3 is 42.5 Å². The first-order valence-corrected chi connectivity index (χ1v) is 37.2. The van der Waals surface area contributed by atoms with Crippen molar-refractivity contribution in [2.75, 3.05) is 42.5 Å². The zero-order valence-electron chi connectivity index (χ0n) is 62.5. The van der Waals surface area contributed by atoms with Gasteiger partial charge in [-0.15, -0.1) is 0 Å². The molecule has 0 amide bonds. The van der Waals surface area contributed by atoms with Crippen LogP contribution in [0.4, 0.5) is 106 Å². The van der Waals surface area contributed by atoms with Crippen LogP contribution >= 0.6 is 0 Å². The third-order valence-corrected chi connectivity index (χ3v) is 18.5. The van der Waals surface area contributed by atoms with Crippen molar-refractivity contribution >= 4 is 70.9 Å². The Hall–Kier alpha value is -12.4. The van der Waals surface area contributed by atoms with Gasteiger partial charge in [-0.05, 0) is 115 Å². The standard InChI is InChI=1S/4C19H21F2N7/c1-3-16-23-18(22-10(2)13-8-12(20)6-7-14(13)21)26-19(24-16)25-17-9-15(27-28-17)11-4-5-11;3*1-3-16-23-18(22-10(2)13-7-6-12(20)8-14(13)21)26-19(24-16)25-17-9-15(27-28-17)11-4-5-11/h4*6-11H,3-5H2,1-2H3,(H3,22,23,24,25,26,27,28)/t;2*10-;/m.10./s1. The summed E-state index contributed by atoms with van der Waals surface area (Å²) in [4.78, 5) is 52.3. The molecule has 8 heterocycles. The molecule has 16 rings (SSSR count). The van der Waals surface area contributed by atoms with Crippen molar-refractivity contribution < 1.29 is 35.1 Å². The Morgan fingerprint density at radius 1 is 0.286 bits per heavy atom. The molecule has 0 saturated heterocycles. The Labute approximate surface area is 638 Å². The Bertz CT molecular complexity index is 4830. The van der Waals surface area contributed by atoms with E-state index in [9.17, 15) is 35.1 Å². The molecule has 584 valence electrons. The SMILES string of the molecule is CCc1nc(Nc2cc(C3CC3)[nH]n2)nc(NC(C)c2cc(F)ccc2F)n1.CCc1nc(Nc2cc(C3CC3)[nH]n2)nc(NC(C)c2ccc(F)cc2F)n1.CCc1nc(Nc2cc(C3CC3)[nH]n2)nc(N[C@@H](C)c2ccc(F)cc2F)n1.CCc1nc(Nc2cc(C3CC3)[nH]n2)nc(N[C@H](C)c2ccc(F)cc2F)n1. The van der Waals surface area contributed by atoms with Gasteiger partial charge in [-0.1, -0.05) is 45.9 Å². The van der Waals surface area contributed by atoms with Crippen LogP contribution in [0.5, 0.6) is 0 Å². The third kappa shape index (κ3) is 21.1. The summed E-state index contributed by atoms with van der Waals surface area (Å²) in [5, 5.41) is 53.6. The van der Waals surface area contributed by atoms with E-state index in [1.807, 2.05) is 52.0 Å². The summed E-state index contributed by atoms with van der Waals surface area (Å²) in [5.41, 5.74) is 5.60. The van der Waals surface area contributed by atoms with Gasteiger partial charge in [-0.2, -0.15) is 80.2 Å². The summed E-state index contributed by atoms with van der Waals surface area (Å²) in [5.74, 6) is 5.08. The highest BCUT2D eigenvalue weighted by Gasteiger charge is 2.30. The van der Waals surface area contributed by atoms with Crippen LogP contribution in [0.1, 0.15) is 223 Å². The van der Waals surface area contributed by atoms with E-state index in [4.69, 9.17) is 0 Å². The largest absolute Gasteiger partial charge is 0.347 e. The second kappa shape index (κ2) is 35.1. The molecular weight excluding hydrogens is 1460 g/mol. The van der Waals surface area contributed by atoms with E-state index in [0.717, 1.165) is 59.2 Å². The van der Waals surface area contributed by atoms with E-state index in [1.165, 1.54) is 87.8 Å². The van der Waals surface area contributed by atoms with Crippen LogP contribution in [0.2, 0.25) is 0 Å². The minimum Gasteiger partial charge on any atom is -0.347 e. The summed E-state index contributed by atoms with van der Waals surface area (Å²) in [6.45, 7) is 14.7. The van der Waals surface area contributed by atoms with Crippen molar-refractivity contribution in [2.24, 2.45) is 0 Å². The smallest absolute Gasteiger partial charge is 0.233 e. The van der Waals surface area contributed by atoms with Gasteiger partial charge in [0.05, 0.1) is 24.2 Å². The lowest BCUT2D eigenvalue weighted by Gasteiger charge is -2.16. The van der Waals surface area contributed by atoms with Crippen LogP contribution in [0.3, 0.4) is 0 Å². The second-order valence-electron chi connectivity index (χ2n) is 27.6. The van der Waals surface area contributed by atoms with Gasteiger partial charge in [-0.3, -0.25) is 20.4 Å². The highest BCUT2D eigenvalue weighted by molar-refractivity contribution is 5.55. The molecule has 4 atom stereocenters. The molecule has 12 aromatic rings. The minimum absolute atomic E-state index is 0.203. The predicted molar refractivity (Wildman–Crippen MR) is 406 cm³/mol. The molecule has 8 aromatic heterocycles. The Morgan fingerprint density at radius 2 is 0.518 bits per heavy atom. The van der Waals surface area contributed by atoms with Crippen LogP contribution in [-0.2, 0) is 25.7 Å². The molecule has 12 N–H and O–H groups in total. The number of hydrogen-bond donors (Lipinski definition) is 12. The molecule has 4 fully saturated rings. The molecular formula is C76H84F8N28. The lowest BCUT2D eigenvalue weighted by molar-refractivity contribution is 0.565.